The summed E-state index contributed by atoms with van der Waals surface area (Å²) in [5.74, 6) is -0.224. The number of morpholine rings is 1. The third-order valence-electron chi connectivity index (χ3n) is 2.43. The number of rotatable bonds is 4. The van der Waals surface area contributed by atoms with Gasteiger partial charge in [0.25, 0.3) is 0 Å². The SMILES string of the molecule is COC(=O)C([NH3+])CCN1CCOCC1. The molecule has 1 atom stereocenters. The average molecular weight is 203 g/mol. The average Bonchev–Trinajstić information content (AvgIpc) is 2.26. The first kappa shape index (κ1) is 11.4. The maximum absolute atomic E-state index is 11.1. The molecule has 1 heterocycles. The molecule has 0 aromatic heterocycles. The highest BCUT2D eigenvalue weighted by atomic mass is 16.5. The topological polar surface area (TPSA) is 66.4 Å². The molecule has 82 valence electrons. The Bertz CT molecular complexity index is 181. The first-order valence-corrected chi connectivity index (χ1v) is 4.95. The second-order valence-electron chi connectivity index (χ2n) is 3.46. The molecule has 0 radical (unpaired) electrons. The van der Waals surface area contributed by atoms with Crippen LogP contribution in [0.2, 0.25) is 0 Å². The quantitative estimate of drug-likeness (QED) is 0.564. The van der Waals surface area contributed by atoms with E-state index in [1.807, 2.05) is 0 Å². The van der Waals surface area contributed by atoms with Crippen LogP contribution in [0.15, 0.2) is 0 Å². The van der Waals surface area contributed by atoms with Crippen LogP contribution in [0.4, 0.5) is 0 Å². The molecule has 0 aromatic rings. The number of carbonyl (C=O) groups is 1. The van der Waals surface area contributed by atoms with Gasteiger partial charge in [0.15, 0.2) is 6.04 Å². The second-order valence-corrected chi connectivity index (χ2v) is 3.46. The minimum atomic E-state index is -0.247. The Balaban J connectivity index is 2.15. The van der Waals surface area contributed by atoms with Gasteiger partial charge in [-0.15, -0.1) is 0 Å². The van der Waals surface area contributed by atoms with Crippen molar-refractivity contribution in [3.8, 4) is 0 Å². The molecule has 1 aliphatic heterocycles. The van der Waals surface area contributed by atoms with Crippen LogP contribution in [0.1, 0.15) is 6.42 Å². The number of hydrogen-bond donors (Lipinski definition) is 1. The zero-order chi connectivity index (χ0) is 10.4. The van der Waals surface area contributed by atoms with E-state index in [1.54, 1.807) is 0 Å². The summed E-state index contributed by atoms with van der Waals surface area (Å²) in [5, 5.41) is 0. The summed E-state index contributed by atoms with van der Waals surface area (Å²) in [7, 11) is 1.40. The van der Waals surface area contributed by atoms with Crippen molar-refractivity contribution in [1.82, 2.24) is 4.90 Å². The smallest absolute Gasteiger partial charge is 0.364 e. The zero-order valence-electron chi connectivity index (χ0n) is 8.70. The van der Waals surface area contributed by atoms with Crippen LogP contribution in [0.5, 0.6) is 0 Å². The van der Waals surface area contributed by atoms with Gasteiger partial charge in [0.1, 0.15) is 0 Å². The van der Waals surface area contributed by atoms with Gasteiger partial charge in [0.2, 0.25) is 0 Å². The minimum absolute atomic E-state index is 0.224. The summed E-state index contributed by atoms with van der Waals surface area (Å²) in [4.78, 5) is 13.3. The van der Waals surface area contributed by atoms with Gasteiger partial charge in [-0.05, 0) is 0 Å². The fourth-order valence-corrected chi connectivity index (χ4v) is 1.45. The van der Waals surface area contributed by atoms with Crippen molar-refractivity contribution in [2.45, 2.75) is 12.5 Å². The van der Waals surface area contributed by atoms with Crippen molar-refractivity contribution in [3.05, 3.63) is 0 Å². The van der Waals surface area contributed by atoms with Crippen LogP contribution in [0.3, 0.4) is 0 Å². The molecule has 1 fully saturated rings. The van der Waals surface area contributed by atoms with Gasteiger partial charge in [-0.3, -0.25) is 4.90 Å². The molecule has 14 heavy (non-hydrogen) atoms. The van der Waals surface area contributed by atoms with Crippen molar-refractivity contribution < 1.29 is 20.0 Å². The Morgan fingerprint density at radius 3 is 2.79 bits per heavy atom. The summed E-state index contributed by atoms with van der Waals surface area (Å²) in [6, 6.07) is -0.247. The lowest BCUT2D eigenvalue weighted by atomic mass is 10.2. The lowest BCUT2D eigenvalue weighted by Crippen LogP contribution is -2.66. The molecule has 5 heteroatoms. The minimum Gasteiger partial charge on any atom is -0.465 e. The highest BCUT2D eigenvalue weighted by Crippen LogP contribution is 1.99. The van der Waals surface area contributed by atoms with Crippen LogP contribution in [0, 0.1) is 0 Å². The summed E-state index contributed by atoms with van der Waals surface area (Å²) < 4.78 is 9.83. The fraction of sp³-hybridized carbons (Fsp3) is 0.889. The zero-order valence-corrected chi connectivity index (χ0v) is 8.70. The molecule has 1 aliphatic rings. The maximum Gasteiger partial charge on any atom is 0.364 e. The Morgan fingerprint density at radius 1 is 1.57 bits per heavy atom. The summed E-state index contributed by atoms with van der Waals surface area (Å²) >= 11 is 0. The molecular formula is C9H19N2O3+. The monoisotopic (exact) mass is 203 g/mol. The number of nitrogens with zero attached hydrogens (tertiary/aromatic N) is 1. The molecule has 0 aliphatic carbocycles. The van der Waals surface area contributed by atoms with E-state index in [4.69, 9.17) is 4.74 Å². The molecule has 0 bridgehead atoms. The van der Waals surface area contributed by atoms with E-state index in [-0.39, 0.29) is 12.0 Å². The second kappa shape index (κ2) is 5.95. The standard InChI is InChI=1S/C9H18N2O3/c1-13-9(12)8(10)2-3-11-4-6-14-7-5-11/h8H,2-7,10H2,1H3/p+1. The predicted octanol–water partition coefficient (Wildman–Crippen LogP) is -1.51. The predicted molar refractivity (Wildman–Crippen MR) is 50.6 cm³/mol. The van der Waals surface area contributed by atoms with E-state index in [0.29, 0.717) is 0 Å². The van der Waals surface area contributed by atoms with Crippen molar-refractivity contribution in [2.24, 2.45) is 0 Å². The number of hydrogen-bond acceptors (Lipinski definition) is 4. The van der Waals surface area contributed by atoms with Crippen LogP contribution in [-0.2, 0) is 14.3 Å². The summed E-state index contributed by atoms with van der Waals surface area (Å²) in [6.45, 7) is 4.38. The molecule has 1 rings (SSSR count). The van der Waals surface area contributed by atoms with Gasteiger partial charge in [-0.1, -0.05) is 0 Å². The maximum atomic E-state index is 11.1. The number of carbonyl (C=O) groups excluding carboxylic acids is 1. The fourth-order valence-electron chi connectivity index (χ4n) is 1.45. The molecule has 0 spiro atoms. The van der Waals surface area contributed by atoms with Crippen LogP contribution >= 0.6 is 0 Å². The molecule has 1 saturated heterocycles. The Morgan fingerprint density at radius 2 is 2.21 bits per heavy atom. The van der Waals surface area contributed by atoms with E-state index < -0.39 is 0 Å². The van der Waals surface area contributed by atoms with E-state index >= 15 is 0 Å². The molecule has 0 saturated carbocycles. The first-order chi connectivity index (χ1) is 6.74. The Labute approximate surface area is 84.1 Å². The van der Waals surface area contributed by atoms with E-state index in [2.05, 4.69) is 15.4 Å². The van der Waals surface area contributed by atoms with Gasteiger partial charge in [-0.2, -0.15) is 0 Å². The summed E-state index contributed by atoms with van der Waals surface area (Å²) in [6.07, 6.45) is 0.757. The molecule has 5 nitrogen and oxygen atoms in total. The number of ether oxygens (including phenoxy) is 2. The van der Waals surface area contributed by atoms with E-state index in [0.717, 1.165) is 39.3 Å². The van der Waals surface area contributed by atoms with Gasteiger partial charge >= 0.3 is 5.97 Å². The van der Waals surface area contributed by atoms with Crippen molar-refractivity contribution in [1.29, 1.82) is 0 Å². The van der Waals surface area contributed by atoms with Crippen LogP contribution < -0.4 is 5.73 Å². The van der Waals surface area contributed by atoms with Gasteiger partial charge in [0.05, 0.1) is 20.3 Å². The van der Waals surface area contributed by atoms with Crippen molar-refractivity contribution in [2.75, 3.05) is 40.0 Å². The van der Waals surface area contributed by atoms with Crippen LogP contribution in [0.25, 0.3) is 0 Å². The van der Waals surface area contributed by atoms with Gasteiger partial charge in [0, 0.05) is 26.1 Å². The molecule has 3 N–H and O–H groups in total. The number of methoxy groups -OCH3 is 1. The molecular weight excluding hydrogens is 184 g/mol. The lowest BCUT2D eigenvalue weighted by molar-refractivity contribution is -0.409. The summed E-state index contributed by atoms with van der Waals surface area (Å²) in [5.41, 5.74) is 3.76. The van der Waals surface area contributed by atoms with Crippen molar-refractivity contribution in [3.63, 3.8) is 0 Å². The molecule has 0 amide bonds. The molecule has 1 unspecified atom stereocenters. The Hall–Kier alpha value is -0.650. The van der Waals surface area contributed by atoms with Crippen LogP contribution in [-0.4, -0.2) is 56.9 Å². The first-order valence-electron chi connectivity index (χ1n) is 4.95. The third kappa shape index (κ3) is 3.61. The van der Waals surface area contributed by atoms with Gasteiger partial charge < -0.3 is 15.2 Å². The lowest BCUT2D eigenvalue weighted by Gasteiger charge is -2.26. The largest absolute Gasteiger partial charge is 0.465 e. The van der Waals surface area contributed by atoms with E-state index in [1.165, 1.54) is 7.11 Å². The third-order valence-corrected chi connectivity index (χ3v) is 2.43. The molecule has 0 aromatic carbocycles. The van der Waals surface area contributed by atoms with E-state index in [9.17, 15) is 4.79 Å². The number of esters is 1. The number of quaternary nitrogens is 1. The highest BCUT2D eigenvalue weighted by Gasteiger charge is 2.19. The van der Waals surface area contributed by atoms with Crippen molar-refractivity contribution >= 4 is 5.97 Å². The Kier molecular flexibility index (Phi) is 4.86. The highest BCUT2D eigenvalue weighted by molar-refractivity contribution is 5.73. The normalized spacial score (nSPS) is 20.4. The van der Waals surface area contributed by atoms with Gasteiger partial charge in [-0.25, -0.2) is 4.79 Å².